The van der Waals surface area contributed by atoms with Crippen molar-refractivity contribution in [3.8, 4) is 0 Å². The Labute approximate surface area is 123 Å². The zero-order valence-corrected chi connectivity index (χ0v) is 12.9. The second-order valence-electron chi connectivity index (χ2n) is 6.38. The molecule has 0 aromatic heterocycles. The third-order valence-corrected chi connectivity index (χ3v) is 4.64. The number of hydrogen-bond acceptors (Lipinski definition) is 3. The fraction of sp³-hybridized carbons (Fsp3) is 0.647. The van der Waals surface area contributed by atoms with E-state index in [1.807, 2.05) is 0 Å². The van der Waals surface area contributed by atoms with Gasteiger partial charge in [-0.1, -0.05) is 12.1 Å². The molecule has 0 saturated heterocycles. The van der Waals surface area contributed by atoms with Gasteiger partial charge >= 0.3 is 0 Å². The molecule has 1 aromatic carbocycles. The molecule has 1 heterocycles. The number of aryl methyl sites for hydroxylation is 1. The summed E-state index contributed by atoms with van der Waals surface area (Å²) >= 11 is 0. The van der Waals surface area contributed by atoms with Gasteiger partial charge in [0.05, 0.1) is 0 Å². The molecule has 3 nitrogen and oxygen atoms in total. The number of fused-ring (bicyclic) bond motifs is 1. The molecule has 20 heavy (non-hydrogen) atoms. The number of rotatable bonds is 6. The van der Waals surface area contributed by atoms with E-state index in [0.29, 0.717) is 0 Å². The number of likely N-dealkylation sites (N-methyl/N-ethyl adjacent to an activating group) is 1. The molecule has 0 atom stereocenters. The van der Waals surface area contributed by atoms with Gasteiger partial charge < -0.3 is 15.1 Å². The molecule has 1 saturated carbocycles. The van der Waals surface area contributed by atoms with Gasteiger partial charge in [-0.05, 0) is 49.9 Å². The molecule has 3 rings (SSSR count). The molecule has 1 fully saturated rings. The smallest absolute Gasteiger partial charge is 0.0396 e. The highest BCUT2D eigenvalue weighted by atomic mass is 15.2. The van der Waals surface area contributed by atoms with Crippen molar-refractivity contribution in [1.29, 1.82) is 0 Å². The zero-order valence-electron chi connectivity index (χ0n) is 12.9. The summed E-state index contributed by atoms with van der Waals surface area (Å²) in [5.74, 6) is 0. The van der Waals surface area contributed by atoms with Crippen molar-refractivity contribution in [2.45, 2.75) is 38.3 Å². The maximum atomic E-state index is 3.58. The van der Waals surface area contributed by atoms with Crippen molar-refractivity contribution in [3.05, 3.63) is 29.3 Å². The van der Waals surface area contributed by atoms with E-state index in [4.69, 9.17) is 0 Å². The van der Waals surface area contributed by atoms with Crippen LogP contribution in [0.25, 0.3) is 0 Å². The molecule has 2 aliphatic rings. The predicted octanol–water partition coefficient (Wildman–Crippen LogP) is 2.25. The minimum Gasteiger partial charge on any atom is -0.374 e. The second-order valence-corrected chi connectivity index (χ2v) is 6.38. The normalized spacial score (nSPS) is 18.4. The Morgan fingerprint density at radius 1 is 1.35 bits per heavy atom. The summed E-state index contributed by atoms with van der Waals surface area (Å²) in [4.78, 5) is 4.86. The molecule has 1 aromatic rings. The lowest BCUT2D eigenvalue weighted by Gasteiger charge is -2.28. The average molecular weight is 273 g/mol. The van der Waals surface area contributed by atoms with Crippen molar-refractivity contribution >= 4 is 5.69 Å². The zero-order chi connectivity index (χ0) is 13.9. The van der Waals surface area contributed by atoms with Crippen LogP contribution in [0, 0.1) is 0 Å². The van der Waals surface area contributed by atoms with E-state index in [1.54, 1.807) is 0 Å². The molecular weight excluding hydrogens is 246 g/mol. The number of hydrogen-bond donors (Lipinski definition) is 1. The quantitative estimate of drug-likeness (QED) is 0.802. The first kappa shape index (κ1) is 13.9. The van der Waals surface area contributed by atoms with Crippen molar-refractivity contribution in [2.24, 2.45) is 0 Å². The van der Waals surface area contributed by atoms with E-state index in [0.717, 1.165) is 19.1 Å². The SMILES string of the molecule is CN1CCCc2cc(CNCCN(C)C3CC3)ccc21. The first-order chi connectivity index (χ1) is 9.74. The Hall–Kier alpha value is -1.06. The molecule has 1 aliphatic carbocycles. The van der Waals surface area contributed by atoms with Gasteiger partial charge in [0, 0.05) is 45.0 Å². The predicted molar refractivity (Wildman–Crippen MR) is 85.4 cm³/mol. The Morgan fingerprint density at radius 2 is 2.20 bits per heavy atom. The van der Waals surface area contributed by atoms with Crippen LogP contribution in [-0.2, 0) is 13.0 Å². The minimum atomic E-state index is 0.871. The van der Waals surface area contributed by atoms with Gasteiger partial charge in [0.15, 0.2) is 0 Å². The number of nitrogens with one attached hydrogen (secondary N) is 1. The van der Waals surface area contributed by atoms with Crippen LogP contribution in [-0.4, -0.2) is 44.7 Å². The van der Waals surface area contributed by atoms with Crippen molar-refractivity contribution in [2.75, 3.05) is 38.6 Å². The van der Waals surface area contributed by atoms with E-state index < -0.39 is 0 Å². The van der Waals surface area contributed by atoms with E-state index in [1.165, 1.54) is 55.6 Å². The highest BCUT2D eigenvalue weighted by molar-refractivity contribution is 5.56. The van der Waals surface area contributed by atoms with Crippen LogP contribution in [0.5, 0.6) is 0 Å². The van der Waals surface area contributed by atoms with Crippen molar-refractivity contribution in [1.82, 2.24) is 10.2 Å². The molecule has 3 heteroatoms. The van der Waals surface area contributed by atoms with E-state index in [9.17, 15) is 0 Å². The van der Waals surface area contributed by atoms with Crippen molar-refractivity contribution in [3.63, 3.8) is 0 Å². The summed E-state index contributed by atoms with van der Waals surface area (Å²) < 4.78 is 0. The lowest BCUT2D eigenvalue weighted by molar-refractivity contribution is 0.321. The second kappa shape index (κ2) is 6.15. The molecule has 0 spiro atoms. The number of anilines is 1. The molecule has 110 valence electrons. The molecule has 0 amide bonds. The van der Waals surface area contributed by atoms with Crippen LogP contribution in [0.1, 0.15) is 30.4 Å². The highest BCUT2D eigenvalue weighted by Crippen LogP contribution is 2.27. The summed E-state index contributed by atoms with van der Waals surface area (Å²) in [6, 6.07) is 7.83. The third-order valence-electron chi connectivity index (χ3n) is 4.64. The Bertz CT molecular complexity index is 454. The molecular formula is C17H27N3. The molecule has 0 unspecified atom stereocenters. The van der Waals surface area contributed by atoms with Crippen LogP contribution in [0.4, 0.5) is 5.69 Å². The largest absolute Gasteiger partial charge is 0.374 e. The van der Waals surface area contributed by atoms with Crippen LogP contribution >= 0.6 is 0 Å². The Kier molecular flexibility index (Phi) is 4.27. The van der Waals surface area contributed by atoms with Gasteiger partial charge in [-0.15, -0.1) is 0 Å². The van der Waals surface area contributed by atoms with Gasteiger partial charge in [-0.25, -0.2) is 0 Å². The maximum absolute atomic E-state index is 3.58. The lowest BCUT2D eigenvalue weighted by atomic mass is 9.99. The van der Waals surface area contributed by atoms with Gasteiger partial charge in [0.1, 0.15) is 0 Å². The summed E-state index contributed by atoms with van der Waals surface area (Å²) in [7, 11) is 4.44. The Morgan fingerprint density at radius 3 is 3.00 bits per heavy atom. The van der Waals surface area contributed by atoms with Crippen LogP contribution in [0.3, 0.4) is 0 Å². The van der Waals surface area contributed by atoms with E-state index in [-0.39, 0.29) is 0 Å². The fourth-order valence-corrected chi connectivity index (χ4v) is 3.13. The summed E-state index contributed by atoms with van der Waals surface area (Å²) in [6.07, 6.45) is 5.31. The first-order valence-electron chi connectivity index (χ1n) is 7.98. The number of benzene rings is 1. The minimum absolute atomic E-state index is 0.871. The van der Waals surface area contributed by atoms with Gasteiger partial charge in [0.25, 0.3) is 0 Å². The molecule has 1 N–H and O–H groups in total. The molecule has 0 radical (unpaired) electrons. The van der Waals surface area contributed by atoms with Crippen LogP contribution in [0.15, 0.2) is 18.2 Å². The third kappa shape index (κ3) is 3.33. The summed E-state index contributed by atoms with van der Waals surface area (Å²) in [5.41, 5.74) is 4.37. The molecule has 1 aliphatic heterocycles. The fourth-order valence-electron chi connectivity index (χ4n) is 3.13. The topological polar surface area (TPSA) is 18.5 Å². The Balaban J connectivity index is 1.48. The lowest BCUT2D eigenvalue weighted by Crippen LogP contribution is -2.30. The van der Waals surface area contributed by atoms with E-state index >= 15 is 0 Å². The van der Waals surface area contributed by atoms with Crippen molar-refractivity contribution < 1.29 is 0 Å². The summed E-state index contributed by atoms with van der Waals surface area (Å²) in [6.45, 7) is 4.44. The van der Waals surface area contributed by atoms with Gasteiger partial charge in [0.2, 0.25) is 0 Å². The van der Waals surface area contributed by atoms with E-state index in [2.05, 4.69) is 47.4 Å². The summed E-state index contributed by atoms with van der Waals surface area (Å²) in [5, 5.41) is 3.58. The van der Waals surface area contributed by atoms with Gasteiger partial charge in [-0.2, -0.15) is 0 Å². The average Bonchev–Trinajstić information content (AvgIpc) is 3.28. The first-order valence-corrected chi connectivity index (χ1v) is 7.98. The maximum Gasteiger partial charge on any atom is 0.0396 e. The van der Waals surface area contributed by atoms with Crippen LogP contribution < -0.4 is 10.2 Å². The van der Waals surface area contributed by atoms with Gasteiger partial charge in [-0.3, -0.25) is 0 Å². The van der Waals surface area contributed by atoms with Crippen LogP contribution in [0.2, 0.25) is 0 Å². The standard InChI is InChI=1S/C17H27N3/c1-19(16-6-7-16)11-9-18-13-14-5-8-17-15(12-14)4-3-10-20(17)2/h5,8,12,16,18H,3-4,6-7,9-11,13H2,1-2H3. The monoisotopic (exact) mass is 273 g/mol. The highest BCUT2D eigenvalue weighted by Gasteiger charge is 2.25. The number of nitrogens with zero attached hydrogens (tertiary/aromatic N) is 2. The molecule has 0 bridgehead atoms.